The predicted molar refractivity (Wildman–Crippen MR) is 95.5 cm³/mol. The van der Waals surface area contributed by atoms with Gasteiger partial charge in [0.15, 0.2) is 0 Å². The lowest BCUT2D eigenvalue weighted by molar-refractivity contribution is 0.250. The van der Waals surface area contributed by atoms with Crippen LogP contribution in [-0.4, -0.2) is 27.4 Å². The van der Waals surface area contributed by atoms with Crippen LogP contribution in [0.2, 0.25) is 0 Å². The highest BCUT2D eigenvalue weighted by Crippen LogP contribution is 2.37. The molecule has 2 aromatic heterocycles. The van der Waals surface area contributed by atoms with Gasteiger partial charge in [-0.1, -0.05) is 13.3 Å². The maximum atomic E-state index is 9.07. The second-order valence-electron chi connectivity index (χ2n) is 6.07. The molecule has 0 aliphatic heterocycles. The number of thioether (sulfide) groups is 1. The van der Waals surface area contributed by atoms with E-state index < -0.39 is 0 Å². The van der Waals surface area contributed by atoms with Crippen LogP contribution in [0, 0.1) is 5.92 Å². The van der Waals surface area contributed by atoms with Crippen LogP contribution in [0.5, 0.6) is 0 Å². The molecule has 4 nitrogen and oxygen atoms in total. The molecule has 22 heavy (non-hydrogen) atoms. The summed E-state index contributed by atoms with van der Waals surface area (Å²) in [6, 6.07) is 0. The molecule has 1 atom stereocenters. The SMILES string of the molecule is C[C@@H](CO)CSCc1nc(N)c2c3c(sc2n1)CCCCC3. The molecule has 3 N–H and O–H groups in total. The van der Waals surface area contributed by atoms with Crippen molar-refractivity contribution < 1.29 is 5.11 Å². The van der Waals surface area contributed by atoms with E-state index in [4.69, 9.17) is 15.8 Å². The average molecular weight is 338 g/mol. The van der Waals surface area contributed by atoms with E-state index in [-0.39, 0.29) is 6.61 Å². The van der Waals surface area contributed by atoms with E-state index in [2.05, 4.69) is 4.98 Å². The van der Waals surface area contributed by atoms with E-state index in [9.17, 15) is 0 Å². The second-order valence-corrected chi connectivity index (χ2v) is 8.19. The van der Waals surface area contributed by atoms with Gasteiger partial charge in [0.1, 0.15) is 16.5 Å². The molecule has 0 fully saturated rings. The topological polar surface area (TPSA) is 72.0 Å². The monoisotopic (exact) mass is 337 g/mol. The zero-order valence-corrected chi connectivity index (χ0v) is 14.6. The third-order valence-electron chi connectivity index (χ3n) is 4.08. The first-order chi connectivity index (χ1) is 10.7. The second kappa shape index (κ2) is 7.15. The molecule has 2 heterocycles. The van der Waals surface area contributed by atoms with Crippen molar-refractivity contribution in [3.8, 4) is 0 Å². The Morgan fingerprint density at radius 3 is 2.91 bits per heavy atom. The van der Waals surface area contributed by atoms with Crippen LogP contribution in [0.25, 0.3) is 10.2 Å². The molecule has 0 bridgehead atoms. The molecule has 0 unspecified atom stereocenters. The third kappa shape index (κ3) is 3.39. The maximum Gasteiger partial charge on any atom is 0.142 e. The van der Waals surface area contributed by atoms with Gasteiger partial charge < -0.3 is 10.8 Å². The molecule has 0 saturated heterocycles. The Kier molecular flexibility index (Phi) is 5.21. The van der Waals surface area contributed by atoms with Crippen LogP contribution >= 0.6 is 23.1 Å². The van der Waals surface area contributed by atoms with Gasteiger partial charge in [-0.05, 0) is 42.9 Å². The van der Waals surface area contributed by atoms with Gasteiger partial charge in [-0.2, -0.15) is 11.8 Å². The number of hydrogen-bond acceptors (Lipinski definition) is 6. The van der Waals surface area contributed by atoms with Gasteiger partial charge >= 0.3 is 0 Å². The Hall–Kier alpha value is -0.850. The van der Waals surface area contributed by atoms with Gasteiger partial charge in [0, 0.05) is 11.5 Å². The molecule has 0 radical (unpaired) electrons. The van der Waals surface area contributed by atoms with Crippen LogP contribution in [-0.2, 0) is 18.6 Å². The van der Waals surface area contributed by atoms with Gasteiger partial charge in [-0.25, -0.2) is 9.97 Å². The Morgan fingerprint density at radius 1 is 1.27 bits per heavy atom. The summed E-state index contributed by atoms with van der Waals surface area (Å²) < 4.78 is 0. The molecule has 0 amide bonds. The molecule has 6 heteroatoms. The number of thiophene rings is 1. The van der Waals surface area contributed by atoms with Crippen LogP contribution < -0.4 is 5.73 Å². The van der Waals surface area contributed by atoms with E-state index in [1.54, 1.807) is 23.1 Å². The van der Waals surface area contributed by atoms with Gasteiger partial charge in [-0.15, -0.1) is 11.3 Å². The fraction of sp³-hybridized carbons (Fsp3) is 0.625. The summed E-state index contributed by atoms with van der Waals surface area (Å²) in [7, 11) is 0. The number of aryl methyl sites for hydroxylation is 2. The quantitative estimate of drug-likeness (QED) is 0.818. The first-order valence-electron chi connectivity index (χ1n) is 7.94. The number of rotatable bonds is 5. The summed E-state index contributed by atoms with van der Waals surface area (Å²) in [6.45, 7) is 2.27. The standard InChI is InChI=1S/C16H23N3OS2/c1-10(7-20)8-21-9-13-18-15(17)14-11-5-3-2-4-6-12(11)22-16(14)19-13/h10,20H,2-9H2,1H3,(H2,17,18,19)/t10-/m0/s1. The van der Waals surface area contributed by atoms with Crippen molar-refractivity contribution in [2.45, 2.75) is 44.8 Å². The maximum absolute atomic E-state index is 9.07. The average Bonchev–Trinajstić information content (AvgIpc) is 2.69. The highest BCUT2D eigenvalue weighted by molar-refractivity contribution is 7.98. The number of aromatic nitrogens is 2. The number of hydrogen-bond donors (Lipinski definition) is 2. The fourth-order valence-electron chi connectivity index (χ4n) is 2.88. The number of nitrogens with two attached hydrogens (primary N) is 1. The minimum Gasteiger partial charge on any atom is -0.396 e. The van der Waals surface area contributed by atoms with Crippen LogP contribution in [0.4, 0.5) is 5.82 Å². The van der Waals surface area contributed by atoms with Crippen molar-refractivity contribution in [3.63, 3.8) is 0 Å². The van der Waals surface area contributed by atoms with E-state index in [1.165, 1.54) is 29.7 Å². The summed E-state index contributed by atoms with van der Waals surface area (Å²) in [5, 5.41) is 10.2. The van der Waals surface area contributed by atoms with Crippen molar-refractivity contribution in [1.29, 1.82) is 0 Å². The number of nitrogens with zero attached hydrogens (tertiary/aromatic N) is 2. The predicted octanol–water partition coefficient (Wildman–Crippen LogP) is 3.40. The summed E-state index contributed by atoms with van der Waals surface area (Å²) in [6.07, 6.45) is 6.10. The molecule has 2 aromatic rings. The van der Waals surface area contributed by atoms with Crippen molar-refractivity contribution in [3.05, 3.63) is 16.3 Å². The van der Waals surface area contributed by atoms with Crippen LogP contribution in [0.1, 0.15) is 42.5 Å². The lowest BCUT2D eigenvalue weighted by atomic mass is 10.1. The molecular formula is C16H23N3OS2. The van der Waals surface area contributed by atoms with Crippen molar-refractivity contribution >= 4 is 39.1 Å². The summed E-state index contributed by atoms with van der Waals surface area (Å²) in [5.41, 5.74) is 7.65. The summed E-state index contributed by atoms with van der Waals surface area (Å²) in [4.78, 5) is 11.8. The number of anilines is 1. The minimum absolute atomic E-state index is 0.229. The molecular weight excluding hydrogens is 314 g/mol. The largest absolute Gasteiger partial charge is 0.396 e. The molecule has 0 aromatic carbocycles. The van der Waals surface area contributed by atoms with Gasteiger partial charge in [0.05, 0.1) is 11.1 Å². The van der Waals surface area contributed by atoms with E-state index in [0.717, 1.165) is 40.4 Å². The molecule has 3 rings (SSSR count). The Morgan fingerprint density at radius 2 is 2.09 bits per heavy atom. The fourth-order valence-corrected chi connectivity index (χ4v) is 5.10. The van der Waals surface area contributed by atoms with Gasteiger partial charge in [0.25, 0.3) is 0 Å². The molecule has 0 saturated carbocycles. The number of aliphatic hydroxyl groups excluding tert-OH is 1. The van der Waals surface area contributed by atoms with Crippen molar-refractivity contribution in [1.82, 2.24) is 9.97 Å². The minimum atomic E-state index is 0.229. The molecule has 120 valence electrons. The first-order valence-corrected chi connectivity index (χ1v) is 9.91. The summed E-state index contributed by atoms with van der Waals surface area (Å²) in [5.74, 6) is 3.45. The van der Waals surface area contributed by atoms with Gasteiger partial charge in [0.2, 0.25) is 0 Å². The Labute approximate surface area is 139 Å². The Bertz CT molecular complexity index is 656. The summed E-state index contributed by atoms with van der Waals surface area (Å²) >= 11 is 3.56. The highest BCUT2D eigenvalue weighted by atomic mass is 32.2. The van der Waals surface area contributed by atoms with Crippen LogP contribution in [0.3, 0.4) is 0 Å². The molecule has 0 spiro atoms. The molecule has 1 aliphatic rings. The number of nitrogen functional groups attached to an aromatic ring is 1. The number of aliphatic hydroxyl groups is 1. The third-order valence-corrected chi connectivity index (χ3v) is 6.54. The lowest BCUT2D eigenvalue weighted by Gasteiger charge is -2.07. The van der Waals surface area contributed by atoms with E-state index in [0.29, 0.717) is 11.7 Å². The van der Waals surface area contributed by atoms with Crippen LogP contribution in [0.15, 0.2) is 0 Å². The van der Waals surface area contributed by atoms with E-state index in [1.807, 2.05) is 6.92 Å². The van der Waals surface area contributed by atoms with E-state index >= 15 is 0 Å². The number of fused-ring (bicyclic) bond motifs is 3. The normalized spacial score (nSPS) is 16.5. The smallest absolute Gasteiger partial charge is 0.142 e. The highest BCUT2D eigenvalue weighted by Gasteiger charge is 2.19. The van der Waals surface area contributed by atoms with Crippen molar-refractivity contribution in [2.75, 3.05) is 18.1 Å². The Balaban J connectivity index is 1.83. The zero-order chi connectivity index (χ0) is 15.5. The lowest BCUT2D eigenvalue weighted by Crippen LogP contribution is -2.05. The first kappa shape index (κ1) is 16.0. The van der Waals surface area contributed by atoms with Crippen molar-refractivity contribution in [2.24, 2.45) is 5.92 Å². The van der Waals surface area contributed by atoms with Gasteiger partial charge in [-0.3, -0.25) is 0 Å². The zero-order valence-electron chi connectivity index (χ0n) is 13.0. The molecule has 1 aliphatic carbocycles.